The zero-order chi connectivity index (χ0) is 13.8. The Labute approximate surface area is 120 Å². The topological polar surface area (TPSA) is 64.4 Å². The molecule has 0 saturated heterocycles. The molecular formula is C13H17BrN2O3. The summed E-state index contributed by atoms with van der Waals surface area (Å²) in [4.78, 5) is 10.8. The number of nitro groups is 1. The van der Waals surface area contributed by atoms with Crippen LogP contribution in [0.25, 0.3) is 0 Å². The summed E-state index contributed by atoms with van der Waals surface area (Å²) in [6, 6.07) is 5.32. The zero-order valence-electron chi connectivity index (χ0n) is 10.8. The molecule has 0 spiro atoms. The predicted octanol–water partition coefficient (Wildman–Crippen LogP) is 2.70. The molecule has 1 aliphatic carbocycles. The molecule has 2 atom stereocenters. The van der Waals surface area contributed by atoms with E-state index in [-0.39, 0.29) is 10.6 Å². The van der Waals surface area contributed by atoms with Gasteiger partial charge in [0.15, 0.2) is 0 Å². The molecule has 0 radical (unpaired) electrons. The van der Waals surface area contributed by atoms with E-state index in [2.05, 4.69) is 21.2 Å². The highest BCUT2D eigenvalue weighted by atomic mass is 79.9. The average Bonchev–Trinajstić information content (AvgIpc) is 3.14. The van der Waals surface area contributed by atoms with Crippen molar-refractivity contribution in [3.63, 3.8) is 0 Å². The van der Waals surface area contributed by atoms with Gasteiger partial charge in [0.05, 0.1) is 11.5 Å². The normalized spacial score (nSPS) is 21.4. The molecule has 0 amide bonds. The summed E-state index contributed by atoms with van der Waals surface area (Å²) in [6.07, 6.45) is 1.02. The number of hydrogen-bond acceptors (Lipinski definition) is 4. The van der Waals surface area contributed by atoms with Gasteiger partial charge in [0, 0.05) is 29.8 Å². The van der Waals surface area contributed by atoms with Gasteiger partial charge in [-0.25, -0.2) is 0 Å². The first kappa shape index (κ1) is 14.4. The van der Waals surface area contributed by atoms with Gasteiger partial charge in [-0.05, 0) is 30.9 Å². The van der Waals surface area contributed by atoms with Crippen LogP contribution in [0.1, 0.15) is 17.9 Å². The molecule has 1 N–H and O–H groups in total. The molecule has 1 fully saturated rings. The fraction of sp³-hybridized carbons (Fsp3) is 0.538. The van der Waals surface area contributed by atoms with Crippen molar-refractivity contribution in [1.82, 2.24) is 5.32 Å². The Hall–Kier alpha value is -0.980. The van der Waals surface area contributed by atoms with Gasteiger partial charge in [-0.3, -0.25) is 10.1 Å². The van der Waals surface area contributed by atoms with Crippen molar-refractivity contribution in [1.29, 1.82) is 0 Å². The monoisotopic (exact) mass is 328 g/mol. The third-order valence-corrected chi connectivity index (χ3v) is 3.89. The van der Waals surface area contributed by atoms with E-state index in [4.69, 9.17) is 4.74 Å². The lowest BCUT2D eigenvalue weighted by Crippen LogP contribution is -2.21. The van der Waals surface area contributed by atoms with Crippen molar-refractivity contribution in [2.24, 2.45) is 5.92 Å². The van der Waals surface area contributed by atoms with Crippen molar-refractivity contribution in [2.75, 3.05) is 26.8 Å². The van der Waals surface area contributed by atoms with E-state index in [1.807, 2.05) is 12.1 Å². The molecule has 1 aromatic carbocycles. The second kappa shape index (κ2) is 6.45. The molecule has 1 aliphatic rings. The van der Waals surface area contributed by atoms with E-state index >= 15 is 0 Å². The number of hydrogen-bond donors (Lipinski definition) is 1. The second-order valence-corrected chi connectivity index (χ2v) is 5.68. The Morgan fingerprint density at radius 2 is 2.37 bits per heavy atom. The lowest BCUT2D eigenvalue weighted by molar-refractivity contribution is -0.385. The van der Waals surface area contributed by atoms with Gasteiger partial charge < -0.3 is 10.1 Å². The molecule has 2 rings (SSSR count). The van der Waals surface area contributed by atoms with E-state index in [9.17, 15) is 10.1 Å². The minimum Gasteiger partial charge on any atom is -0.383 e. The number of ether oxygens (including phenoxy) is 1. The Bertz CT molecular complexity index is 467. The van der Waals surface area contributed by atoms with Gasteiger partial charge in [0.1, 0.15) is 0 Å². The van der Waals surface area contributed by atoms with Crippen LogP contribution in [-0.2, 0) is 4.74 Å². The van der Waals surface area contributed by atoms with E-state index in [0.29, 0.717) is 18.4 Å². The maximum absolute atomic E-state index is 11.1. The maximum atomic E-state index is 11.1. The second-order valence-electron chi connectivity index (χ2n) is 4.76. The van der Waals surface area contributed by atoms with Gasteiger partial charge in [-0.15, -0.1) is 0 Å². The number of nitro benzene ring substituents is 1. The minimum atomic E-state index is -0.298. The fourth-order valence-electron chi connectivity index (χ4n) is 2.30. The molecule has 1 saturated carbocycles. The highest BCUT2D eigenvalue weighted by Gasteiger charge is 2.41. The lowest BCUT2D eigenvalue weighted by atomic mass is 10.1. The van der Waals surface area contributed by atoms with Gasteiger partial charge in [-0.1, -0.05) is 22.0 Å². The van der Waals surface area contributed by atoms with Crippen LogP contribution < -0.4 is 5.32 Å². The van der Waals surface area contributed by atoms with Crippen LogP contribution in [0.5, 0.6) is 0 Å². The first-order chi connectivity index (χ1) is 9.13. The van der Waals surface area contributed by atoms with E-state index in [0.717, 1.165) is 29.5 Å². The Kier molecular flexibility index (Phi) is 4.90. The van der Waals surface area contributed by atoms with Gasteiger partial charge >= 0.3 is 0 Å². The largest absolute Gasteiger partial charge is 0.383 e. The smallest absolute Gasteiger partial charge is 0.274 e. The maximum Gasteiger partial charge on any atom is 0.274 e. The number of benzene rings is 1. The molecule has 19 heavy (non-hydrogen) atoms. The van der Waals surface area contributed by atoms with Crippen molar-refractivity contribution in [3.8, 4) is 0 Å². The summed E-state index contributed by atoms with van der Waals surface area (Å²) in [5.74, 6) is 0.806. The summed E-state index contributed by atoms with van der Waals surface area (Å²) in [7, 11) is 1.67. The fourth-order valence-corrected chi connectivity index (χ4v) is 2.65. The molecule has 0 bridgehead atoms. The molecule has 5 nitrogen and oxygen atoms in total. The molecule has 104 valence electrons. The Balaban J connectivity index is 1.95. The standard InChI is InChI=1S/C13H17BrN2O3/c1-19-5-4-15-8-9-6-12(9)11-3-2-10(14)7-13(11)16(17)18/h2-3,7,9,12,15H,4-6,8H2,1H3. The molecular weight excluding hydrogens is 312 g/mol. The van der Waals surface area contributed by atoms with Crippen LogP contribution in [0.3, 0.4) is 0 Å². The van der Waals surface area contributed by atoms with Crippen LogP contribution in [0.2, 0.25) is 0 Å². The van der Waals surface area contributed by atoms with Gasteiger partial charge in [0.2, 0.25) is 0 Å². The highest BCUT2D eigenvalue weighted by molar-refractivity contribution is 9.10. The van der Waals surface area contributed by atoms with E-state index in [1.165, 1.54) is 0 Å². The molecule has 6 heteroatoms. The van der Waals surface area contributed by atoms with Crippen LogP contribution in [0.15, 0.2) is 22.7 Å². The first-order valence-electron chi connectivity index (χ1n) is 6.27. The van der Waals surface area contributed by atoms with Crippen LogP contribution in [0.4, 0.5) is 5.69 Å². The average molecular weight is 329 g/mol. The molecule has 1 aromatic rings. The van der Waals surface area contributed by atoms with Gasteiger partial charge in [-0.2, -0.15) is 0 Å². The number of nitrogens with zero attached hydrogens (tertiary/aromatic N) is 1. The summed E-state index contributed by atoms with van der Waals surface area (Å²) in [6.45, 7) is 2.40. The molecule has 2 unspecified atom stereocenters. The van der Waals surface area contributed by atoms with Crippen molar-refractivity contribution >= 4 is 21.6 Å². The van der Waals surface area contributed by atoms with Crippen LogP contribution >= 0.6 is 15.9 Å². The summed E-state index contributed by atoms with van der Waals surface area (Å²) < 4.78 is 5.71. The van der Waals surface area contributed by atoms with Crippen molar-refractivity contribution in [2.45, 2.75) is 12.3 Å². The Morgan fingerprint density at radius 3 is 3.05 bits per heavy atom. The summed E-state index contributed by atoms with van der Waals surface area (Å²) in [5.41, 5.74) is 1.07. The summed E-state index contributed by atoms with van der Waals surface area (Å²) >= 11 is 3.28. The minimum absolute atomic E-state index is 0.221. The third kappa shape index (κ3) is 3.75. The highest BCUT2D eigenvalue weighted by Crippen LogP contribution is 2.50. The number of nitrogens with one attached hydrogen (secondary N) is 1. The Morgan fingerprint density at radius 1 is 1.58 bits per heavy atom. The van der Waals surface area contributed by atoms with Crippen LogP contribution in [-0.4, -0.2) is 31.7 Å². The number of methoxy groups -OCH3 is 1. The molecule has 0 heterocycles. The first-order valence-corrected chi connectivity index (χ1v) is 7.06. The van der Waals surface area contributed by atoms with Crippen molar-refractivity contribution < 1.29 is 9.66 Å². The van der Waals surface area contributed by atoms with Gasteiger partial charge in [0.25, 0.3) is 5.69 Å². The van der Waals surface area contributed by atoms with Crippen LogP contribution in [0, 0.1) is 16.0 Å². The number of halogens is 1. The van der Waals surface area contributed by atoms with E-state index < -0.39 is 0 Å². The zero-order valence-corrected chi connectivity index (χ0v) is 12.4. The SMILES string of the molecule is COCCNCC1CC1c1ccc(Br)cc1[N+](=O)[O-]. The predicted molar refractivity (Wildman–Crippen MR) is 76.4 cm³/mol. The third-order valence-electron chi connectivity index (χ3n) is 3.40. The lowest BCUT2D eigenvalue weighted by Gasteiger charge is -2.05. The summed E-state index contributed by atoms with van der Waals surface area (Å²) in [5, 5.41) is 14.4. The van der Waals surface area contributed by atoms with Crippen molar-refractivity contribution in [3.05, 3.63) is 38.3 Å². The molecule has 0 aliphatic heterocycles. The van der Waals surface area contributed by atoms with E-state index in [1.54, 1.807) is 13.2 Å². The quantitative estimate of drug-likeness (QED) is 0.475. The number of rotatable bonds is 7. The molecule has 0 aromatic heterocycles.